The van der Waals surface area contributed by atoms with E-state index in [1.54, 1.807) is 6.92 Å². The fourth-order valence-corrected chi connectivity index (χ4v) is 2.75. The molecule has 1 unspecified atom stereocenters. The first kappa shape index (κ1) is 16.1. The van der Waals surface area contributed by atoms with Crippen LogP contribution in [-0.4, -0.2) is 39.3 Å². The standard InChI is InChI=1S/C12H14N2O5S/c1-8-5-10(4-3-9(8)6-13)20(17,18)14-11(7-15)12(16)19-2/h3-5,11,14-15H,7H2,1-2H3. The summed E-state index contributed by atoms with van der Waals surface area (Å²) in [6.07, 6.45) is 0. The van der Waals surface area contributed by atoms with Crippen LogP contribution in [0.3, 0.4) is 0 Å². The molecular weight excluding hydrogens is 284 g/mol. The van der Waals surface area contributed by atoms with Crippen LogP contribution < -0.4 is 4.72 Å². The molecule has 8 heteroatoms. The molecule has 1 aromatic carbocycles. The number of esters is 1. The van der Waals surface area contributed by atoms with Crippen LogP contribution in [-0.2, 0) is 19.6 Å². The number of nitriles is 1. The van der Waals surface area contributed by atoms with Crippen molar-refractivity contribution < 1.29 is 23.1 Å². The normalized spacial score (nSPS) is 12.5. The molecule has 0 aliphatic heterocycles. The average molecular weight is 298 g/mol. The Morgan fingerprint density at radius 3 is 2.65 bits per heavy atom. The molecule has 0 saturated carbocycles. The van der Waals surface area contributed by atoms with Gasteiger partial charge in [-0.05, 0) is 30.7 Å². The maximum atomic E-state index is 12.1. The molecule has 20 heavy (non-hydrogen) atoms. The van der Waals surface area contributed by atoms with Crippen molar-refractivity contribution in [3.63, 3.8) is 0 Å². The van der Waals surface area contributed by atoms with Gasteiger partial charge in [0.05, 0.1) is 30.2 Å². The zero-order valence-electron chi connectivity index (χ0n) is 11.0. The Kier molecular flexibility index (Phi) is 5.21. The van der Waals surface area contributed by atoms with Crippen LogP contribution in [0, 0.1) is 18.3 Å². The number of carbonyl (C=O) groups excluding carboxylic acids is 1. The van der Waals surface area contributed by atoms with Crippen molar-refractivity contribution in [1.82, 2.24) is 4.72 Å². The lowest BCUT2D eigenvalue weighted by molar-refractivity contribution is -0.143. The van der Waals surface area contributed by atoms with E-state index >= 15 is 0 Å². The van der Waals surface area contributed by atoms with Gasteiger partial charge in [-0.15, -0.1) is 0 Å². The van der Waals surface area contributed by atoms with Gasteiger partial charge in [0.15, 0.2) is 0 Å². The fraction of sp³-hybridized carbons (Fsp3) is 0.333. The highest BCUT2D eigenvalue weighted by molar-refractivity contribution is 7.89. The third kappa shape index (κ3) is 3.54. The summed E-state index contributed by atoms with van der Waals surface area (Å²) in [7, 11) is -2.91. The second-order valence-corrected chi connectivity index (χ2v) is 5.68. The minimum absolute atomic E-state index is 0.101. The molecular formula is C12H14N2O5S. The molecule has 7 nitrogen and oxygen atoms in total. The third-order valence-electron chi connectivity index (χ3n) is 2.59. The number of nitrogens with zero attached hydrogens (tertiary/aromatic N) is 1. The number of ether oxygens (including phenoxy) is 1. The topological polar surface area (TPSA) is 116 Å². The predicted molar refractivity (Wildman–Crippen MR) is 69.1 cm³/mol. The van der Waals surface area contributed by atoms with E-state index in [1.807, 2.05) is 10.8 Å². The number of hydrogen-bond donors (Lipinski definition) is 2. The van der Waals surface area contributed by atoms with Crippen LogP contribution in [0.1, 0.15) is 11.1 Å². The molecule has 0 amide bonds. The number of nitrogens with one attached hydrogen (secondary N) is 1. The molecule has 2 N–H and O–H groups in total. The van der Waals surface area contributed by atoms with Crippen molar-refractivity contribution in [2.75, 3.05) is 13.7 Å². The van der Waals surface area contributed by atoms with Gasteiger partial charge in [-0.25, -0.2) is 8.42 Å². The van der Waals surface area contributed by atoms with E-state index in [2.05, 4.69) is 4.74 Å². The van der Waals surface area contributed by atoms with Crippen LogP contribution in [0.4, 0.5) is 0 Å². The molecule has 0 aliphatic rings. The Balaban J connectivity index is 3.08. The lowest BCUT2D eigenvalue weighted by atomic mass is 10.1. The van der Waals surface area contributed by atoms with Crippen molar-refractivity contribution >= 4 is 16.0 Å². The second kappa shape index (κ2) is 6.47. The highest BCUT2D eigenvalue weighted by Crippen LogP contribution is 2.15. The molecule has 0 aromatic heterocycles. The molecule has 1 rings (SSSR count). The molecule has 0 aliphatic carbocycles. The van der Waals surface area contributed by atoms with Gasteiger partial charge >= 0.3 is 5.97 Å². The monoisotopic (exact) mass is 298 g/mol. The SMILES string of the molecule is COC(=O)C(CO)NS(=O)(=O)c1ccc(C#N)c(C)c1. The van der Waals surface area contributed by atoms with Gasteiger partial charge in [-0.1, -0.05) is 0 Å². The lowest BCUT2D eigenvalue weighted by Crippen LogP contribution is -2.43. The first-order chi connectivity index (χ1) is 9.35. The number of methoxy groups -OCH3 is 1. The summed E-state index contributed by atoms with van der Waals surface area (Å²) < 4.78 is 30.5. The Labute approximate surface area is 116 Å². The van der Waals surface area contributed by atoms with E-state index in [4.69, 9.17) is 10.4 Å². The van der Waals surface area contributed by atoms with Crippen LogP contribution in [0.25, 0.3) is 0 Å². The number of hydrogen-bond acceptors (Lipinski definition) is 6. The predicted octanol–water partition coefficient (Wildman–Crippen LogP) is -0.321. The van der Waals surface area contributed by atoms with E-state index in [9.17, 15) is 13.2 Å². The minimum Gasteiger partial charge on any atom is -0.468 e. The number of aliphatic hydroxyl groups excluding tert-OH is 1. The van der Waals surface area contributed by atoms with Crippen molar-refractivity contribution in [2.45, 2.75) is 17.9 Å². The van der Waals surface area contributed by atoms with Crippen LogP contribution in [0.2, 0.25) is 0 Å². The van der Waals surface area contributed by atoms with Gasteiger partial charge in [-0.2, -0.15) is 9.98 Å². The number of sulfonamides is 1. The van der Waals surface area contributed by atoms with E-state index in [0.717, 1.165) is 7.11 Å². The van der Waals surface area contributed by atoms with Gasteiger partial charge in [0.2, 0.25) is 10.0 Å². The maximum absolute atomic E-state index is 12.1. The van der Waals surface area contributed by atoms with E-state index < -0.39 is 28.6 Å². The highest BCUT2D eigenvalue weighted by atomic mass is 32.2. The van der Waals surface area contributed by atoms with Crippen LogP contribution in [0.5, 0.6) is 0 Å². The third-order valence-corrected chi connectivity index (χ3v) is 4.06. The minimum atomic E-state index is -3.99. The van der Waals surface area contributed by atoms with Gasteiger partial charge in [0.1, 0.15) is 6.04 Å². The van der Waals surface area contributed by atoms with E-state index in [-0.39, 0.29) is 4.90 Å². The number of carbonyl (C=O) groups is 1. The molecule has 0 heterocycles. The van der Waals surface area contributed by atoms with E-state index in [0.29, 0.717) is 11.1 Å². The summed E-state index contributed by atoms with van der Waals surface area (Å²) in [5.41, 5.74) is 0.851. The lowest BCUT2D eigenvalue weighted by Gasteiger charge is -2.14. The van der Waals surface area contributed by atoms with Crippen molar-refractivity contribution in [2.24, 2.45) is 0 Å². The van der Waals surface area contributed by atoms with Crippen molar-refractivity contribution in [3.8, 4) is 6.07 Å². The molecule has 0 saturated heterocycles. The first-order valence-electron chi connectivity index (χ1n) is 5.57. The summed E-state index contributed by atoms with van der Waals surface area (Å²) in [6.45, 7) is 0.878. The van der Waals surface area contributed by atoms with Gasteiger partial charge in [0.25, 0.3) is 0 Å². The number of aliphatic hydroxyl groups is 1. The van der Waals surface area contributed by atoms with Gasteiger partial charge in [0, 0.05) is 0 Å². The maximum Gasteiger partial charge on any atom is 0.326 e. The molecule has 1 aromatic rings. The van der Waals surface area contributed by atoms with Gasteiger partial charge in [-0.3, -0.25) is 4.79 Å². The van der Waals surface area contributed by atoms with Crippen LogP contribution in [0.15, 0.2) is 23.1 Å². The molecule has 0 spiro atoms. The Hall–Kier alpha value is -1.95. The number of benzene rings is 1. The number of aryl methyl sites for hydroxylation is 1. The summed E-state index contributed by atoms with van der Waals surface area (Å²) in [5.74, 6) is -0.888. The molecule has 1 atom stereocenters. The van der Waals surface area contributed by atoms with Crippen LogP contribution >= 0.6 is 0 Å². The average Bonchev–Trinajstić information content (AvgIpc) is 2.43. The summed E-state index contributed by atoms with van der Waals surface area (Å²) in [6, 6.07) is 4.48. The van der Waals surface area contributed by atoms with Crippen molar-refractivity contribution in [1.29, 1.82) is 5.26 Å². The quantitative estimate of drug-likeness (QED) is 0.719. The molecule has 0 radical (unpaired) electrons. The fourth-order valence-electron chi connectivity index (χ4n) is 1.49. The summed E-state index contributed by atoms with van der Waals surface area (Å²) >= 11 is 0. The second-order valence-electron chi connectivity index (χ2n) is 3.97. The van der Waals surface area contributed by atoms with Crippen molar-refractivity contribution in [3.05, 3.63) is 29.3 Å². The zero-order valence-corrected chi connectivity index (χ0v) is 11.8. The smallest absolute Gasteiger partial charge is 0.326 e. The first-order valence-corrected chi connectivity index (χ1v) is 7.05. The summed E-state index contributed by atoms with van der Waals surface area (Å²) in [4.78, 5) is 11.2. The molecule has 0 fully saturated rings. The Morgan fingerprint density at radius 1 is 1.55 bits per heavy atom. The zero-order chi connectivity index (χ0) is 15.3. The summed E-state index contributed by atoms with van der Waals surface area (Å²) in [5, 5.41) is 17.8. The largest absolute Gasteiger partial charge is 0.468 e. The molecule has 0 bridgehead atoms. The molecule has 108 valence electrons. The Morgan fingerprint density at radius 2 is 2.20 bits per heavy atom. The highest BCUT2D eigenvalue weighted by Gasteiger charge is 2.26. The van der Waals surface area contributed by atoms with Gasteiger partial charge < -0.3 is 9.84 Å². The number of rotatable bonds is 5. The van der Waals surface area contributed by atoms with E-state index in [1.165, 1.54) is 18.2 Å². The Bertz CT molecular complexity index is 648.